The molecule has 0 aliphatic rings. The lowest BCUT2D eigenvalue weighted by Gasteiger charge is -2.12. The van der Waals surface area contributed by atoms with Gasteiger partial charge in [0.15, 0.2) is 18.1 Å². The topological polar surface area (TPSA) is 73.9 Å². The standard InChI is InChI=1S/C18H16ClF2NO5/c1-10-12(19)4-3-5-13(10)22-16(23)9-26-17(24)11-6-7-14(27-18(20)21)15(8-11)25-2/h3-8,18H,9H2,1-2H3,(H,22,23). The van der Waals surface area contributed by atoms with E-state index in [0.717, 1.165) is 6.07 Å². The van der Waals surface area contributed by atoms with Gasteiger partial charge in [-0.1, -0.05) is 17.7 Å². The molecule has 0 heterocycles. The van der Waals surface area contributed by atoms with E-state index in [1.165, 1.54) is 19.2 Å². The highest BCUT2D eigenvalue weighted by Crippen LogP contribution is 2.29. The Morgan fingerprint density at radius 2 is 1.93 bits per heavy atom. The van der Waals surface area contributed by atoms with Crippen molar-refractivity contribution in [1.82, 2.24) is 0 Å². The Morgan fingerprint density at radius 1 is 1.19 bits per heavy atom. The molecule has 0 aliphatic heterocycles. The van der Waals surface area contributed by atoms with Crippen molar-refractivity contribution >= 4 is 29.2 Å². The second kappa shape index (κ2) is 9.18. The average molecular weight is 400 g/mol. The Bertz CT molecular complexity index is 844. The molecule has 0 bridgehead atoms. The normalized spacial score (nSPS) is 10.4. The van der Waals surface area contributed by atoms with Gasteiger partial charge in [0, 0.05) is 10.7 Å². The van der Waals surface area contributed by atoms with Gasteiger partial charge < -0.3 is 19.5 Å². The fourth-order valence-electron chi connectivity index (χ4n) is 2.13. The van der Waals surface area contributed by atoms with E-state index in [-0.39, 0.29) is 17.1 Å². The number of carbonyl (C=O) groups excluding carboxylic acids is 2. The first kappa shape index (κ1) is 20.4. The summed E-state index contributed by atoms with van der Waals surface area (Å²) < 4.78 is 38.7. The zero-order valence-corrected chi connectivity index (χ0v) is 15.2. The van der Waals surface area contributed by atoms with Gasteiger partial charge in [0.1, 0.15) is 0 Å². The fraction of sp³-hybridized carbons (Fsp3) is 0.222. The van der Waals surface area contributed by atoms with Crippen molar-refractivity contribution in [3.8, 4) is 11.5 Å². The molecular weight excluding hydrogens is 384 g/mol. The van der Waals surface area contributed by atoms with Crippen LogP contribution in [0.3, 0.4) is 0 Å². The third-order valence-corrected chi connectivity index (χ3v) is 3.90. The maximum Gasteiger partial charge on any atom is 0.387 e. The maximum absolute atomic E-state index is 12.3. The van der Waals surface area contributed by atoms with E-state index < -0.39 is 25.1 Å². The lowest BCUT2D eigenvalue weighted by atomic mass is 10.2. The van der Waals surface area contributed by atoms with Crippen molar-refractivity contribution in [2.75, 3.05) is 19.0 Å². The predicted molar refractivity (Wildman–Crippen MR) is 94.7 cm³/mol. The number of ether oxygens (including phenoxy) is 3. The highest BCUT2D eigenvalue weighted by Gasteiger charge is 2.16. The highest BCUT2D eigenvalue weighted by molar-refractivity contribution is 6.31. The van der Waals surface area contributed by atoms with E-state index in [0.29, 0.717) is 16.3 Å². The first-order valence-corrected chi connectivity index (χ1v) is 8.04. The summed E-state index contributed by atoms with van der Waals surface area (Å²) in [5.74, 6) is -1.67. The third-order valence-electron chi connectivity index (χ3n) is 3.49. The summed E-state index contributed by atoms with van der Waals surface area (Å²) >= 11 is 5.97. The zero-order valence-electron chi connectivity index (χ0n) is 14.4. The van der Waals surface area contributed by atoms with Gasteiger partial charge in [0.05, 0.1) is 12.7 Å². The van der Waals surface area contributed by atoms with Gasteiger partial charge in [-0.3, -0.25) is 4.79 Å². The molecule has 144 valence electrons. The van der Waals surface area contributed by atoms with Gasteiger partial charge in [-0.05, 0) is 42.8 Å². The van der Waals surface area contributed by atoms with Gasteiger partial charge in [0.2, 0.25) is 0 Å². The van der Waals surface area contributed by atoms with Gasteiger partial charge >= 0.3 is 12.6 Å². The summed E-state index contributed by atoms with van der Waals surface area (Å²) in [4.78, 5) is 24.0. The van der Waals surface area contributed by atoms with Crippen LogP contribution in [-0.2, 0) is 9.53 Å². The van der Waals surface area contributed by atoms with Crippen molar-refractivity contribution in [2.24, 2.45) is 0 Å². The molecule has 2 rings (SSSR count). The zero-order chi connectivity index (χ0) is 20.0. The summed E-state index contributed by atoms with van der Waals surface area (Å²) in [5.41, 5.74) is 1.19. The Morgan fingerprint density at radius 3 is 2.59 bits per heavy atom. The molecule has 0 aromatic heterocycles. The number of hydrogen-bond donors (Lipinski definition) is 1. The quantitative estimate of drug-likeness (QED) is 0.711. The lowest BCUT2D eigenvalue weighted by Crippen LogP contribution is -2.21. The van der Waals surface area contributed by atoms with Crippen LogP contribution >= 0.6 is 11.6 Å². The maximum atomic E-state index is 12.3. The molecule has 0 saturated heterocycles. The minimum Gasteiger partial charge on any atom is -0.493 e. The predicted octanol–water partition coefficient (Wildman–Crippen LogP) is 4.05. The van der Waals surface area contributed by atoms with Crippen molar-refractivity contribution in [1.29, 1.82) is 0 Å². The number of carbonyl (C=O) groups is 2. The minimum absolute atomic E-state index is 0.0141. The van der Waals surface area contributed by atoms with E-state index >= 15 is 0 Å². The molecule has 1 N–H and O–H groups in total. The monoisotopic (exact) mass is 399 g/mol. The van der Waals surface area contributed by atoms with Gasteiger partial charge in [0.25, 0.3) is 5.91 Å². The number of alkyl halides is 2. The first-order chi connectivity index (χ1) is 12.8. The molecule has 0 aliphatic carbocycles. The molecule has 0 fully saturated rings. The van der Waals surface area contributed by atoms with Crippen LogP contribution < -0.4 is 14.8 Å². The number of benzene rings is 2. The Labute approximate surface area is 159 Å². The molecule has 0 radical (unpaired) electrons. The minimum atomic E-state index is -3.03. The van der Waals surface area contributed by atoms with Crippen LogP contribution in [0.25, 0.3) is 0 Å². The fourth-order valence-corrected chi connectivity index (χ4v) is 2.31. The van der Waals surface area contributed by atoms with Crippen molar-refractivity contribution in [3.05, 3.63) is 52.5 Å². The van der Waals surface area contributed by atoms with Crippen LogP contribution in [0.5, 0.6) is 11.5 Å². The van der Waals surface area contributed by atoms with Crippen LogP contribution in [-0.4, -0.2) is 32.2 Å². The number of methoxy groups -OCH3 is 1. The number of esters is 1. The molecule has 0 atom stereocenters. The molecule has 2 aromatic carbocycles. The molecule has 9 heteroatoms. The molecule has 27 heavy (non-hydrogen) atoms. The number of anilines is 1. The largest absolute Gasteiger partial charge is 0.493 e. The highest BCUT2D eigenvalue weighted by atomic mass is 35.5. The molecule has 6 nitrogen and oxygen atoms in total. The van der Waals surface area contributed by atoms with Crippen LogP contribution in [0, 0.1) is 6.92 Å². The summed E-state index contributed by atoms with van der Waals surface area (Å²) in [6.07, 6.45) is 0. The van der Waals surface area contributed by atoms with Crippen molar-refractivity contribution in [2.45, 2.75) is 13.5 Å². The number of halogens is 3. The number of nitrogens with one attached hydrogen (secondary N) is 1. The molecule has 1 amide bonds. The smallest absolute Gasteiger partial charge is 0.387 e. The van der Waals surface area contributed by atoms with Crippen LogP contribution in [0.4, 0.5) is 14.5 Å². The molecule has 0 saturated carbocycles. The van der Waals surface area contributed by atoms with Crippen molar-refractivity contribution in [3.63, 3.8) is 0 Å². The summed E-state index contributed by atoms with van der Waals surface area (Å²) in [7, 11) is 1.24. The van der Waals surface area contributed by atoms with E-state index in [4.69, 9.17) is 21.1 Å². The van der Waals surface area contributed by atoms with Crippen LogP contribution in [0.1, 0.15) is 15.9 Å². The average Bonchev–Trinajstić information content (AvgIpc) is 2.63. The van der Waals surface area contributed by atoms with Gasteiger partial charge in [-0.2, -0.15) is 8.78 Å². The molecule has 0 spiro atoms. The Kier molecular flexibility index (Phi) is 6.95. The Balaban J connectivity index is 1.98. The SMILES string of the molecule is COc1cc(C(=O)OCC(=O)Nc2cccc(Cl)c2C)ccc1OC(F)F. The van der Waals surface area contributed by atoms with Crippen LogP contribution in [0.2, 0.25) is 5.02 Å². The second-order valence-corrected chi connectivity index (χ2v) is 5.69. The second-order valence-electron chi connectivity index (χ2n) is 5.28. The first-order valence-electron chi connectivity index (χ1n) is 7.66. The van der Waals surface area contributed by atoms with Crippen molar-refractivity contribution < 1.29 is 32.6 Å². The Hall–Kier alpha value is -2.87. The van der Waals surface area contributed by atoms with E-state index in [1.54, 1.807) is 25.1 Å². The van der Waals surface area contributed by atoms with E-state index in [1.807, 2.05) is 0 Å². The lowest BCUT2D eigenvalue weighted by molar-refractivity contribution is -0.119. The van der Waals surface area contributed by atoms with E-state index in [9.17, 15) is 18.4 Å². The van der Waals surface area contributed by atoms with Gasteiger partial charge in [-0.15, -0.1) is 0 Å². The van der Waals surface area contributed by atoms with E-state index in [2.05, 4.69) is 10.1 Å². The van der Waals surface area contributed by atoms with Crippen LogP contribution in [0.15, 0.2) is 36.4 Å². The molecular formula is C18H16ClF2NO5. The summed E-state index contributed by atoms with van der Waals surface area (Å²) in [5, 5.41) is 3.07. The number of rotatable bonds is 7. The summed E-state index contributed by atoms with van der Waals surface area (Å²) in [6, 6.07) is 8.57. The van der Waals surface area contributed by atoms with Gasteiger partial charge in [-0.25, -0.2) is 4.79 Å². The third kappa shape index (κ3) is 5.55. The molecule has 0 unspecified atom stereocenters. The molecule has 2 aromatic rings. The number of hydrogen-bond acceptors (Lipinski definition) is 5. The number of amides is 1. The summed E-state index contributed by atoms with van der Waals surface area (Å²) in [6.45, 7) is -1.84.